The molecule has 0 bridgehead atoms. The number of nitrogens with zero attached hydrogens (tertiary/aromatic N) is 1. The van der Waals surface area contributed by atoms with Gasteiger partial charge in [0.2, 0.25) is 5.91 Å². The number of hydrogen-bond donors (Lipinski definition) is 2. The topological polar surface area (TPSA) is 58.4 Å². The van der Waals surface area contributed by atoms with Crippen LogP contribution in [0.4, 0.5) is 0 Å². The summed E-state index contributed by atoms with van der Waals surface area (Å²) in [4.78, 5) is 13.7. The largest absolute Gasteiger partial charge is 0.369 e. The summed E-state index contributed by atoms with van der Waals surface area (Å²) in [5.74, 6) is 1.63. The van der Waals surface area contributed by atoms with E-state index >= 15 is 0 Å². The van der Waals surface area contributed by atoms with Crippen molar-refractivity contribution in [2.45, 2.75) is 104 Å². The van der Waals surface area contributed by atoms with Crippen LogP contribution < -0.4 is 11.1 Å². The molecule has 0 aliphatic carbocycles. The lowest BCUT2D eigenvalue weighted by Crippen LogP contribution is -2.38. The molecule has 0 saturated carbocycles. The molecule has 0 aromatic rings. The van der Waals surface area contributed by atoms with E-state index in [1.807, 2.05) is 0 Å². The predicted molar refractivity (Wildman–Crippen MR) is 121 cm³/mol. The number of piperidine rings is 1. The van der Waals surface area contributed by atoms with Gasteiger partial charge >= 0.3 is 0 Å². The molecule has 4 heteroatoms. The summed E-state index contributed by atoms with van der Waals surface area (Å²) in [7, 11) is 0. The molecule has 1 saturated heterocycles. The van der Waals surface area contributed by atoms with Crippen molar-refractivity contribution in [3.63, 3.8) is 0 Å². The van der Waals surface area contributed by atoms with Crippen LogP contribution in [-0.2, 0) is 4.79 Å². The minimum Gasteiger partial charge on any atom is -0.369 e. The van der Waals surface area contributed by atoms with Crippen LogP contribution >= 0.6 is 0 Å². The van der Waals surface area contributed by atoms with Crippen molar-refractivity contribution in [1.82, 2.24) is 10.2 Å². The standard InChI is InChI=1S/C24H49N3O/c1-20(2)10-12-23(13-11-21(3)4)26-16-8-6-5-7-9-17-27-18-14-22(15-19-27)24(25)28/h20-23,26H,5-19H2,1-4H3,(H2,25,28). The van der Waals surface area contributed by atoms with Gasteiger partial charge in [0.15, 0.2) is 0 Å². The van der Waals surface area contributed by atoms with Gasteiger partial charge in [0.25, 0.3) is 0 Å². The number of amides is 1. The fourth-order valence-corrected chi connectivity index (χ4v) is 4.16. The molecular formula is C24H49N3O. The van der Waals surface area contributed by atoms with Crippen LogP contribution in [0.25, 0.3) is 0 Å². The van der Waals surface area contributed by atoms with Gasteiger partial charge in [-0.2, -0.15) is 0 Å². The van der Waals surface area contributed by atoms with Gasteiger partial charge in [-0.05, 0) is 89.4 Å². The maximum absolute atomic E-state index is 11.2. The quantitative estimate of drug-likeness (QED) is 0.363. The highest BCUT2D eigenvalue weighted by Gasteiger charge is 2.22. The van der Waals surface area contributed by atoms with E-state index in [1.54, 1.807) is 0 Å². The summed E-state index contributed by atoms with van der Waals surface area (Å²) in [6.07, 6.45) is 13.9. The van der Waals surface area contributed by atoms with E-state index in [0.717, 1.165) is 37.8 Å². The van der Waals surface area contributed by atoms with Crippen molar-refractivity contribution >= 4 is 5.91 Å². The molecule has 3 N–H and O–H groups in total. The van der Waals surface area contributed by atoms with E-state index in [-0.39, 0.29) is 11.8 Å². The normalized spacial score (nSPS) is 16.5. The number of primary amides is 1. The molecule has 1 heterocycles. The number of nitrogens with one attached hydrogen (secondary N) is 1. The molecule has 0 radical (unpaired) electrons. The number of hydrogen-bond acceptors (Lipinski definition) is 3. The number of rotatable bonds is 16. The van der Waals surface area contributed by atoms with Crippen LogP contribution in [-0.4, -0.2) is 43.0 Å². The first-order valence-electron chi connectivity index (χ1n) is 12.1. The summed E-state index contributed by atoms with van der Waals surface area (Å²) >= 11 is 0. The first kappa shape index (κ1) is 25.4. The smallest absolute Gasteiger partial charge is 0.220 e. The molecular weight excluding hydrogens is 346 g/mol. The fraction of sp³-hybridized carbons (Fsp3) is 0.958. The average molecular weight is 396 g/mol. The Kier molecular flexibility index (Phi) is 13.9. The third-order valence-corrected chi connectivity index (χ3v) is 6.26. The van der Waals surface area contributed by atoms with E-state index in [4.69, 9.17) is 5.73 Å². The van der Waals surface area contributed by atoms with E-state index in [1.165, 1.54) is 70.9 Å². The molecule has 166 valence electrons. The fourth-order valence-electron chi connectivity index (χ4n) is 4.16. The van der Waals surface area contributed by atoms with Crippen molar-refractivity contribution in [1.29, 1.82) is 0 Å². The second kappa shape index (κ2) is 15.3. The Labute approximate surface area is 175 Å². The zero-order valence-corrected chi connectivity index (χ0v) is 19.3. The Morgan fingerprint density at radius 2 is 1.43 bits per heavy atom. The van der Waals surface area contributed by atoms with E-state index in [0.29, 0.717) is 6.04 Å². The van der Waals surface area contributed by atoms with Crippen molar-refractivity contribution in [3.8, 4) is 0 Å². The molecule has 1 amide bonds. The van der Waals surface area contributed by atoms with E-state index in [9.17, 15) is 4.79 Å². The molecule has 0 aromatic carbocycles. The summed E-state index contributed by atoms with van der Waals surface area (Å²) in [5, 5.41) is 3.84. The Morgan fingerprint density at radius 3 is 1.96 bits per heavy atom. The SMILES string of the molecule is CC(C)CCC(CCC(C)C)NCCCCCCCN1CCC(C(N)=O)CC1. The summed E-state index contributed by atoms with van der Waals surface area (Å²) < 4.78 is 0. The average Bonchev–Trinajstić information content (AvgIpc) is 2.65. The van der Waals surface area contributed by atoms with Crippen molar-refractivity contribution < 1.29 is 4.79 Å². The Balaban J connectivity index is 2.00. The molecule has 1 aliphatic heterocycles. The summed E-state index contributed by atoms with van der Waals surface area (Å²) in [6, 6.07) is 0.716. The number of carbonyl (C=O) groups is 1. The molecule has 1 fully saturated rings. The molecule has 28 heavy (non-hydrogen) atoms. The first-order valence-corrected chi connectivity index (χ1v) is 12.1. The molecule has 1 aliphatic rings. The monoisotopic (exact) mass is 395 g/mol. The van der Waals surface area contributed by atoms with Gasteiger partial charge in [-0.25, -0.2) is 0 Å². The van der Waals surface area contributed by atoms with Crippen LogP contribution in [0, 0.1) is 17.8 Å². The highest BCUT2D eigenvalue weighted by molar-refractivity contribution is 5.76. The van der Waals surface area contributed by atoms with Gasteiger partial charge < -0.3 is 16.0 Å². The van der Waals surface area contributed by atoms with Gasteiger partial charge in [0.1, 0.15) is 0 Å². The minimum atomic E-state index is -0.107. The van der Waals surface area contributed by atoms with Crippen molar-refractivity contribution in [2.24, 2.45) is 23.5 Å². The summed E-state index contributed by atoms with van der Waals surface area (Å²) in [5.41, 5.74) is 5.41. The lowest BCUT2D eigenvalue weighted by atomic mass is 9.96. The Morgan fingerprint density at radius 1 is 0.893 bits per heavy atom. The van der Waals surface area contributed by atoms with Gasteiger partial charge in [-0.15, -0.1) is 0 Å². The van der Waals surface area contributed by atoms with Gasteiger partial charge in [-0.1, -0.05) is 47.0 Å². The molecule has 4 nitrogen and oxygen atoms in total. The highest BCUT2D eigenvalue weighted by Crippen LogP contribution is 2.17. The van der Waals surface area contributed by atoms with Crippen LogP contribution in [0.2, 0.25) is 0 Å². The molecule has 0 atom stereocenters. The van der Waals surface area contributed by atoms with Gasteiger partial charge in [0, 0.05) is 12.0 Å². The van der Waals surface area contributed by atoms with E-state index < -0.39 is 0 Å². The maximum Gasteiger partial charge on any atom is 0.220 e. The van der Waals surface area contributed by atoms with Crippen LogP contribution in [0.15, 0.2) is 0 Å². The third kappa shape index (κ3) is 12.8. The molecule has 0 spiro atoms. The molecule has 0 aromatic heterocycles. The van der Waals surface area contributed by atoms with Crippen LogP contribution in [0.1, 0.15) is 98.3 Å². The number of carbonyl (C=O) groups excluding carboxylic acids is 1. The molecule has 0 unspecified atom stereocenters. The lowest BCUT2D eigenvalue weighted by Gasteiger charge is -2.30. The predicted octanol–water partition coefficient (Wildman–Crippen LogP) is 4.96. The zero-order chi connectivity index (χ0) is 20.8. The third-order valence-electron chi connectivity index (χ3n) is 6.26. The Bertz CT molecular complexity index is 377. The minimum absolute atomic E-state index is 0.107. The summed E-state index contributed by atoms with van der Waals surface area (Å²) in [6.45, 7) is 13.8. The van der Waals surface area contributed by atoms with Gasteiger partial charge in [-0.3, -0.25) is 4.79 Å². The van der Waals surface area contributed by atoms with E-state index in [2.05, 4.69) is 37.9 Å². The van der Waals surface area contributed by atoms with Crippen LogP contribution in [0.5, 0.6) is 0 Å². The Hall–Kier alpha value is -0.610. The highest BCUT2D eigenvalue weighted by atomic mass is 16.1. The number of nitrogens with two attached hydrogens (primary N) is 1. The lowest BCUT2D eigenvalue weighted by molar-refractivity contribution is -0.123. The van der Waals surface area contributed by atoms with Crippen molar-refractivity contribution in [3.05, 3.63) is 0 Å². The zero-order valence-electron chi connectivity index (χ0n) is 19.3. The number of likely N-dealkylation sites (tertiary alicyclic amines) is 1. The second-order valence-electron chi connectivity index (χ2n) is 9.88. The molecule has 1 rings (SSSR count). The second-order valence-corrected chi connectivity index (χ2v) is 9.88. The van der Waals surface area contributed by atoms with Crippen molar-refractivity contribution in [2.75, 3.05) is 26.2 Å². The number of unbranched alkanes of at least 4 members (excludes halogenated alkanes) is 4. The first-order chi connectivity index (χ1) is 13.4. The maximum atomic E-state index is 11.2. The van der Waals surface area contributed by atoms with Crippen LogP contribution in [0.3, 0.4) is 0 Å². The van der Waals surface area contributed by atoms with Gasteiger partial charge in [0.05, 0.1) is 0 Å².